The minimum Gasteiger partial charge on any atom is -0.497 e. The number of nitrogens with one attached hydrogen (secondary N) is 2. The highest BCUT2D eigenvalue weighted by atomic mass is 79.9. The Kier molecular flexibility index (Phi) is 4.69. The van der Waals surface area contributed by atoms with Gasteiger partial charge in [-0.2, -0.15) is 0 Å². The van der Waals surface area contributed by atoms with Crippen LogP contribution in [0.3, 0.4) is 0 Å². The van der Waals surface area contributed by atoms with Crippen molar-refractivity contribution < 1.29 is 13.2 Å². The van der Waals surface area contributed by atoms with Gasteiger partial charge in [-0.1, -0.05) is 0 Å². The SMILES string of the molecule is CNc1ccncc1S(=O)(=O)Nc1cc(OC)ccc1Br. The molecule has 8 heteroatoms. The summed E-state index contributed by atoms with van der Waals surface area (Å²) in [7, 11) is -0.600. The molecule has 0 unspecified atom stereocenters. The predicted molar refractivity (Wildman–Crippen MR) is 85.3 cm³/mol. The van der Waals surface area contributed by atoms with Crippen LogP contribution >= 0.6 is 15.9 Å². The summed E-state index contributed by atoms with van der Waals surface area (Å²) in [6, 6.07) is 6.62. The van der Waals surface area contributed by atoms with Gasteiger partial charge in [0.15, 0.2) is 0 Å². The normalized spacial score (nSPS) is 11.0. The number of hydrogen-bond donors (Lipinski definition) is 2. The third-order valence-electron chi connectivity index (χ3n) is 2.76. The first-order valence-corrected chi connectivity index (χ1v) is 8.23. The van der Waals surface area contributed by atoms with Crippen molar-refractivity contribution in [3.8, 4) is 5.75 Å². The Morgan fingerprint density at radius 1 is 1.24 bits per heavy atom. The first kappa shape index (κ1) is 15.6. The lowest BCUT2D eigenvalue weighted by Crippen LogP contribution is -2.15. The number of nitrogens with zero attached hydrogens (tertiary/aromatic N) is 1. The van der Waals surface area contributed by atoms with Crippen molar-refractivity contribution >= 4 is 37.3 Å². The second kappa shape index (κ2) is 6.31. The standard InChI is InChI=1S/C13H14BrN3O3S/c1-15-11-5-6-16-8-13(11)21(18,19)17-12-7-9(20-2)3-4-10(12)14/h3-8,17H,1-2H3,(H,15,16). The van der Waals surface area contributed by atoms with Crippen LogP contribution in [0.25, 0.3) is 0 Å². The quantitative estimate of drug-likeness (QED) is 0.844. The first-order valence-electron chi connectivity index (χ1n) is 5.96. The average Bonchev–Trinajstić information content (AvgIpc) is 2.49. The summed E-state index contributed by atoms with van der Waals surface area (Å²) in [5.74, 6) is 0.552. The molecule has 2 aromatic rings. The number of rotatable bonds is 5. The van der Waals surface area contributed by atoms with Crippen molar-refractivity contribution in [2.75, 3.05) is 24.2 Å². The van der Waals surface area contributed by atoms with E-state index in [1.807, 2.05) is 0 Å². The average molecular weight is 372 g/mol. The van der Waals surface area contributed by atoms with E-state index in [4.69, 9.17) is 4.74 Å². The Morgan fingerprint density at radius 3 is 2.67 bits per heavy atom. The van der Waals surface area contributed by atoms with Crippen LogP contribution in [-0.2, 0) is 10.0 Å². The fourth-order valence-corrected chi connectivity index (χ4v) is 3.41. The summed E-state index contributed by atoms with van der Waals surface area (Å²) < 4.78 is 33.2. The van der Waals surface area contributed by atoms with Crippen molar-refractivity contribution in [1.29, 1.82) is 0 Å². The number of benzene rings is 1. The minimum absolute atomic E-state index is 0.0715. The van der Waals surface area contributed by atoms with Crippen molar-refractivity contribution in [2.45, 2.75) is 4.90 Å². The lowest BCUT2D eigenvalue weighted by atomic mass is 10.3. The van der Waals surface area contributed by atoms with E-state index in [1.165, 1.54) is 19.5 Å². The molecule has 0 aliphatic carbocycles. The van der Waals surface area contributed by atoms with Gasteiger partial charge in [-0.15, -0.1) is 0 Å². The van der Waals surface area contributed by atoms with E-state index in [0.29, 0.717) is 21.6 Å². The fraction of sp³-hybridized carbons (Fsp3) is 0.154. The van der Waals surface area contributed by atoms with Gasteiger partial charge in [0.1, 0.15) is 10.6 Å². The Balaban J connectivity index is 2.42. The molecule has 1 heterocycles. The molecular formula is C13H14BrN3O3S. The molecule has 1 aromatic carbocycles. The summed E-state index contributed by atoms with van der Waals surface area (Å²) in [4.78, 5) is 3.93. The summed E-state index contributed by atoms with van der Waals surface area (Å²) in [6.07, 6.45) is 2.81. The lowest BCUT2D eigenvalue weighted by Gasteiger charge is -2.13. The molecule has 0 atom stereocenters. The fourth-order valence-electron chi connectivity index (χ4n) is 1.71. The molecule has 0 amide bonds. The maximum absolute atomic E-state index is 12.5. The predicted octanol–water partition coefficient (Wildman–Crippen LogP) is 2.70. The van der Waals surface area contributed by atoms with E-state index in [-0.39, 0.29) is 4.90 Å². The molecule has 0 fully saturated rings. The second-order valence-corrected chi connectivity index (χ2v) is 6.58. The molecule has 0 saturated carbocycles. The van der Waals surface area contributed by atoms with Crippen LogP contribution in [0.1, 0.15) is 0 Å². The van der Waals surface area contributed by atoms with Crippen LogP contribution < -0.4 is 14.8 Å². The number of methoxy groups -OCH3 is 1. The van der Waals surface area contributed by atoms with Crippen LogP contribution in [-0.4, -0.2) is 27.6 Å². The molecule has 0 spiro atoms. The highest BCUT2D eigenvalue weighted by molar-refractivity contribution is 9.10. The zero-order valence-corrected chi connectivity index (χ0v) is 13.8. The molecular weight excluding hydrogens is 358 g/mol. The highest BCUT2D eigenvalue weighted by Gasteiger charge is 2.19. The summed E-state index contributed by atoms with van der Waals surface area (Å²) in [5.41, 5.74) is 0.858. The van der Waals surface area contributed by atoms with E-state index in [0.717, 1.165) is 0 Å². The summed E-state index contributed by atoms with van der Waals surface area (Å²) in [6.45, 7) is 0. The third-order valence-corrected chi connectivity index (χ3v) is 4.85. The van der Waals surface area contributed by atoms with Crippen molar-refractivity contribution in [3.05, 3.63) is 41.1 Å². The molecule has 0 bridgehead atoms. The van der Waals surface area contributed by atoms with Crippen LogP contribution in [0.4, 0.5) is 11.4 Å². The van der Waals surface area contributed by atoms with Gasteiger partial charge in [-0.25, -0.2) is 8.42 Å². The first-order chi connectivity index (χ1) is 9.97. The summed E-state index contributed by atoms with van der Waals surface area (Å²) in [5, 5.41) is 2.83. The van der Waals surface area contributed by atoms with E-state index >= 15 is 0 Å². The topological polar surface area (TPSA) is 80.3 Å². The van der Waals surface area contributed by atoms with Gasteiger partial charge in [-0.05, 0) is 34.1 Å². The molecule has 21 heavy (non-hydrogen) atoms. The van der Waals surface area contributed by atoms with Gasteiger partial charge in [0.05, 0.1) is 18.5 Å². The third kappa shape index (κ3) is 3.45. The smallest absolute Gasteiger partial charge is 0.265 e. The minimum atomic E-state index is -3.76. The number of anilines is 2. The number of halogens is 1. The molecule has 112 valence electrons. The number of sulfonamides is 1. The van der Waals surface area contributed by atoms with Crippen LogP contribution in [0.5, 0.6) is 5.75 Å². The molecule has 0 radical (unpaired) electrons. The van der Waals surface area contributed by atoms with E-state index in [2.05, 4.69) is 31.0 Å². The largest absolute Gasteiger partial charge is 0.497 e. The Hall–Kier alpha value is -1.80. The lowest BCUT2D eigenvalue weighted by molar-refractivity contribution is 0.415. The van der Waals surface area contributed by atoms with Crippen LogP contribution in [0, 0.1) is 0 Å². The number of pyridine rings is 1. The maximum Gasteiger partial charge on any atom is 0.265 e. The zero-order valence-electron chi connectivity index (χ0n) is 11.4. The van der Waals surface area contributed by atoms with Crippen molar-refractivity contribution in [1.82, 2.24) is 4.98 Å². The monoisotopic (exact) mass is 371 g/mol. The Morgan fingerprint density at radius 2 is 2.00 bits per heavy atom. The Labute approximate surface area is 131 Å². The molecule has 0 aliphatic rings. The van der Waals surface area contributed by atoms with E-state index in [1.54, 1.807) is 31.3 Å². The van der Waals surface area contributed by atoms with Crippen molar-refractivity contribution in [2.24, 2.45) is 0 Å². The van der Waals surface area contributed by atoms with Gasteiger partial charge in [-0.3, -0.25) is 9.71 Å². The van der Waals surface area contributed by atoms with E-state index < -0.39 is 10.0 Å². The van der Waals surface area contributed by atoms with Gasteiger partial charge in [0.25, 0.3) is 10.0 Å². The van der Waals surface area contributed by atoms with Crippen molar-refractivity contribution in [3.63, 3.8) is 0 Å². The van der Waals surface area contributed by atoms with Crippen LogP contribution in [0.2, 0.25) is 0 Å². The molecule has 1 aromatic heterocycles. The van der Waals surface area contributed by atoms with Gasteiger partial charge >= 0.3 is 0 Å². The number of aromatic nitrogens is 1. The van der Waals surface area contributed by atoms with Crippen LogP contribution in [0.15, 0.2) is 46.0 Å². The molecule has 6 nitrogen and oxygen atoms in total. The zero-order chi connectivity index (χ0) is 15.5. The molecule has 0 aliphatic heterocycles. The highest BCUT2D eigenvalue weighted by Crippen LogP contribution is 2.30. The van der Waals surface area contributed by atoms with Gasteiger partial charge in [0.2, 0.25) is 0 Å². The molecule has 0 saturated heterocycles. The molecule has 2 rings (SSSR count). The summed E-state index contributed by atoms with van der Waals surface area (Å²) >= 11 is 3.31. The van der Waals surface area contributed by atoms with Gasteiger partial charge < -0.3 is 10.1 Å². The number of hydrogen-bond acceptors (Lipinski definition) is 5. The van der Waals surface area contributed by atoms with Gasteiger partial charge in [0, 0.05) is 30.0 Å². The molecule has 2 N–H and O–H groups in total. The maximum atomic E-state index is 12.5. The Bertz CT molecular complexity index is 750. The second-order valence-electron chi connectivity index (χ2n) is 4.07. The van der Waals surface area contributed by atoms with E-state index in [9.17, 15) is 8.42 Å². The number of ether oxygens (including phenoxy) is 1.